The quantitative estimate of drug-likeness (QED) is 0.657. The fourth-order valence-corrected chi connectivity index (χ4v) is 3.39. The minimum atomic E-state index is -5.01. The van der Waals surface area contributed by atoms with Crippen LogP contribution in [0.2, 0.25) is 0 Å². The first kappa shape index (κ1) is 25.1. The third kappa shape index (κ3) is 4.32. The monoisotopic (exact) mass is 455 g/mol. The van der Waals surface area contributed by atoms with Gasteiger partial charge in [0.05, 0.1) is 22.4 Å². The Labute approximate surface area is 188 Å². The molecule has 0 atom stereocenters. The second-order valence-electron chi connectivity index (χ2n) is 10.4. The second-order valence-corrected chi connectivity index (χ2v) is 10.4. The molecule has 2 saturated heterocycles. The van der Waals surface area contributed by atoms with Crippen LogP contribution in [-0.2, 0) is 23.4 Å². The zero-order valence-electron chi connectivity index (χ0n) is 20.0. The van der Waals surface area contributed by atoms with E-state index in [1.807, 2.05) is 55.4 Å². The van der Waals surface area contributed by atoms with Gasteiger partial charge in [-0.05, 0) is 78.4 Å². The van der Waals surface area contributed by atoms with Crippen molar-refractivity contribution in [3.05, 3.63) is 18.2 Å². The van der Waals surface area contributed by atoms with Crippen molar-refractivity contribution in [1.29, 1.82) is 0 Å². The summed E-state index contributed by atoms with van der Waals surface area (Å²) in [5, 5.41) is 0. The van der Waals surface area contributed by atoms with E-state index in [-0.39, 0.29) is 5.69 Å². The molecule has 176 valence electrons. The van der Waals surface area contributed by atoms with Crippen LogP contribution in [0, 0.1) is 0 Å². The van der Waals surface area contributed by atoms with Crippen molar-refractivity contribution in [3.8, 4) is 0 Å². The molecular formula is C21H30B2F3NO5. The molecule has 2 fully saturated rings. The van der Waals surface area contributed by atoms with E-state index in [2.05, 4.69) is 0 Å². The number of anilines is 1. The molecule has 1 aromatic rings. The van der Waals surface area contributed by atoms with Crippen molar-refractivity contribution in [2.75, 3.05) is 11.9 Å². The van der Waals surface area contributed by atoms with Gasteiger partial charge in [-0.15, -0.1) is 0 Å². The molecule has 11 heteroatoms. The molecule has 0 unspecified atom stereocenters. The van der Waals surface area contributed by atoms with Gasteiger partial charge >= 0.3 is 26.3 Å². The van der Waals surface area contributed by atoms with Gasteiger partial charge in [0.15, 0.2) is 0 Å². The lowest BCUT2D eigenvalue weighted by atomic mass is 9.71. The SMILES string of the molecule is CN(C(=O)C(F)(F)F)c1cc(B2OC(C)(C)C(C)(C)O2)cc(B2OC(C)(C)C(C)(C)O2)c1. The maximum atomic E-state index is 13.1. The highest BCUT2D eigenvalue weighted by atomic mass is 19.4. The Balaban J connectivity index is 2.07. The summed E-state index contributed by atoms with van der Waals surface area (Å²) in [5.74, 6) is -1.98. The number of benzene rings is 1. The molecule has 0 N–H and O–H groups in total. The van der Waals surface area contributed by atoms with Gasteiger partial charge in [-0.25, -0.2) is 0 Å². The first-order valence-electron chi connectivity index (χ1n) is 10.5. The second kappa shape index (κ2) is 7.48. The summed E-state index contributed by atoms with van der Waals surface area (Å²) < 4.78 is 63.6. The third-order valence-corrected chi connectivity index (χ3v) is 6.95. The number of nitrogens with zero attached hydrogens (tertiary/aromatic N) is 1. The molecule has 3 rings (SSSR count). The zero-order chi connectivity index (χ0) is 24.5. The predicted molar refractivity (Wildman–Crippen MR) is 117 cm³/mol. The summed E-state index contributed by atoms with van der Waals surface area (Å²) in [6, 6.07) is 4.64. The first-order valence-corrected chi connectivity index (χ1v) is 10.5. The van der Waals surface area contributed by atoms with E-state index in [0.29, 0.717) is 15.8 Å². The maximum absolute atomic E-state index is 13.1. The van der Waals surface area contributed by atoms with Gasteiger partial charge in [-0.1, -0.05) is 6.07 Å². The van der Waals surface area contributed by atoms with Crippen LogP contribution in [0.15, 0.2) is 18.2 Å². The van der Waals surface area contributed by atoms with E-state index in [0.717, 1.165) is 7.05 Å². The summed E-state index contributed by atoms with van der Waals surface area (Å²) in [5.41, 5.74) is -1.63. The van der Waals surface area contributed by atoms with Gasteiger partial charge in [0.25, 0.3) is 0 Å². The Morgan fingerprint density at radius 1 is 0.750 bits per heavy atom. The summed E-state index contributed by atoms with van der Waals surface area (Å²) in [4.78, 5) is 12.5. The highest BCUT2D eigenvalue weighted by molar-refractivity contribution is 6.66. The Bertz CT molecular complexity index is 831. The minimum absolute atomic E-state index is 0.0317. The number of alkyl halides is 3. The fourth-order valence-electron chi connectivity index (χ4n) is 3.39. The minimum Gasteiger partial charge on any atom is -0.399 e. The lowest BCUT2D eigenvalue weighted by molar-refractivity contribution is -0.170. The molecule has 0 radical (unpaired) electrons. The van der Waals surface area contributed by atoms with Crippen molar-refractivity contribution in [2.45, 2.75) is 84.0 Å². The zero-order valence-corrected chi connectivity index (χ0v) is 20.0. The van der Waals surface area contributed by atoms with Crippen molar-refractivity contribution >= 4 is 36.8 Å². The van der Waals surface area contributed by atoms with Crippen LogP contribution in [0.4, 0.5) is 18.9 Å². The number of amides is 1. The Morgan fingerprint density at radius 3 is 1.34 bits per heavy atom. The summed E-state index contributed by atoms with van der Waals surface area (Å²) in [6.07, 6.45) is -5.01. The third-order valence-electron chi connectivity index (χ3n) is 6.95. The molecule has 0 spiro atoms. The van der Waals surface area contributed by atoms with E-state index >= 15 is 0 Å². The smallest absolute Gasteiger partial charge is 0.399 e. The molecule has 0 aliphatic carbocycles. The standard InChI is InChI=1S/C21H30B2F3NO5/c1-17(2)18(3,4)30-22(29-17)13-10-14(23-31-19(5,6)20(7,8)32-23)12-15(11-13)27(9)16(28)21(24,25)26/h10-12H,1-9H3. The summed E-state index contributed by atoms with van der Waals surface area (Å²) in [7, 11) is -0.598. The lowest BCUT2D eigenvalue weighted by Crippen LogP contribution is -2.44. The van der Waals surface area contributed by atoms with Crippen molar-refractivity contribution in [2.24, 2.45) is 0 Å². The van der Waals surface area contributed by atoms with E-state index < -0.39 is 48.7 Å². The molecule has 2 heterocycles. The van der Waals surface area contributed by atoms with Crippen LogP contribution in [-0.4, -0.2) is 55.8 Å². The fraction of sp³-hybridized carbons (Fsp3) is 0.667. The molecule has 0 aromatic heterocycles. The van der Waals surface area contributed by atoms with Crippen LogP contribution < -0.4 is 15.8 Å². The normalized spacial score (nSPS) is 23.5. The van der Waals surface area contributed by atoms with Crippen LogP contribution in [0.1, 0.15) is 55.4 Å². The van der Waals surface area contributed by atoms with Gasteiger partial charge in [0.1, 0.15) is 0 Å². The molecule has 2 aliphatic heterocycles. The van der Waals surface area contributed by atoms with Crippen molar-refractivity contribution in [1.82, 2.24) is 0 Å². The van der Waals surface area contributed by atoms with Crippen LogP contribution in [0.3, 0.4) is 0 Å². The lowest BCUT2D eigenvalue weighted by Gasteiger charge is -2.32. The number of rotatable bonds is 3. The van der Waals surface area contributed by atoms with Gasteiger partial charge in [-0.3, -0.25) is 4.79 Å². The number of hydrogen-bond acceptors (Lipinski definition) is 5. The number of hydrogen-bond donors (Lipinski definition) is 0. The van der Waals surface area contributed by atoms with Gasteiger partial charge < -0.3 is 23.5 Å². The van der Waals surface area contributed by atoms with Crippen molar-refractivity contribution < 1.29 is 36.6 Å². The molecule has 6 nitrogen and oxygen atoms in total. The summed E-state index contributed by atoms with van der Waals surface area (Å²) in [6.45, 7) is 15.0. The number of carbonyl (C=O) groups excluding carboxylic acids is 1. The Morgan fingerprint density at radius 2 is 1.06 bits per heavy atom. The van der Waals surface area contributed by atoms with E-state index in [4.69, 9.17) is 18.6 Å². The molecule has 0 bridgehead atoms. The number of halogens is 3. The predicted octanol–water partition coefficient (Wildman–Crippen LogP) is 2.81. The number of carbonyl (C=O) groups is 1. The molecule has 1 aromatic carbocycles. The average molecular weight is 455 g/mol. The largest absolute Gasteiger partial charge is 0.494 e. The topological polar surface area (TPSA) is 57.2 Å². The average Bonchev–Trinajstić information content (AvgIpc) is 2.99. The molecule has 32 heavy (non-hydrogen) atoms. The Kier molecular flexibility index (Phi) is 5.86. The van der Waals surface area contributed by atoms with E-state index in [1.165, 1.54) is 12.1 Å². The van der Waals surface area contributed by atoms with Crippen LogP contribution in [0.25, 0.3) is 0 Å². The van der Waals surface area contributed by atoms with Gasteiger partial charge in [-0.2, -0.15) is 13.2 Å². The molecule has 1 amide bonds. The highest BCUT2D eigenvalue weighted by Crippen LogP contribution is 2.38. The van der Waals surface area contributed by atoms with Gasteiger partial charge in [0.2, 0.25) is 0 Å². The van der Waals surface area contributed by atoms with Gasteiger partial charge in [0, 0.05) is 12.7 Å². The molecular weight excluding hydrogens is 425 g/mol. The Hall–Kier alpha value is -1.55. The first-order chi connectivity index (χ1) is 14.3. The van der Waals surface area contributed by atoms with Crippen LogP contribution >= 0.6 is 0 Å². The summed E-state index contributed by atoms with van der Waals surface area (Å²) >= 11 is 0. The van der Waals surface area contributed by atoms with E-state index in [1.54, 1.807) is 6.07 Å². The maximum Gasteiger partial charge on any atom is 0.494 e. The van der Waals surface area contributed by atoms with Crippen molar-refractivity contribution in [3.63, 3.8) is 0 Å². The molecule has 2 aliphatic rings. The molecule has 0 saturated carbocycles. The van der Waals surface area contributed by atoms with Crippen LogP contribution in [0.5, 0.6) is 0 Å². The van der Waals surface area contributed by atoms with E-state index in [9.17, 15) is 18.0 Å². The highest BCUT2D eigenvalue weighted by Gasteiger charge is 2.54.